The molecule has 3 aromatic rings. The molecule has 20 heavy (non-hydrogen) atoms. The van der Waals surface area contributed by atoms with Crippen LogP contribution in [0.25, 0.3) is 10.9 Å². The summed E-state index contributed by atoms with van der Waals surface area (Å²) in [6, 6.07) is 13.1. The van der Waals surface area contributed by atoms with E-state index in [9.17, 15) is 4.79 Å². The number of pyridine rings is 2. The first-order valence-corrected chi connectivity index (χ1v) is 6.49. The van der Waals surface area contributed by atoms with Gasteiger partial charge in [0.1, 0.15) is 0 Å². The van der Waals surface area contributed by atoms with E-state index in [-0.39, 0.29) is 5.78 Å². The van der Waals surface area contributed by atoms with Crippen LogP contribution in [0.1, 0.15) is 27.3 Å². The molecule has 0 spiro atoms. The van der Waals surface area contributed by atoms with Crippen molar-refractivity contribution in [2.24, 2.45) is 0 Å². The van der Waals surface area contributed by atoms with E-state index in [2.05, 4.69) is 9.97 Å². The van der Waals surface area contributed by atoms with Gasteiger partial charge in [0.2, 0.25) is 0 Å². The fourth-order valence-corrected chi connectivity index (χ4v) is 2.41. The number of aromatic nitrogens is 2. The molecule has 3 nitrogen and oxygen atoms in total. The lowest BCUT2D eigenvalue weighted by Gasteiger charge is -2.06. The zero-order chi connectivity index (χ0) is 14.1. The highest BCUT2D eigenvalue weighted by Crippen LogP contribution is 2.20. The standard InChI is InChI=1S/C17H14N2O/c1-11-9-14(10-12(2)19-11)17(20)15-7-3-5-13-6-4-8-18-16(13)15/h3-10H,1-2H3. The van der Waals surface area contributed by atoms with Gasteiger partial charge in [0.15, 0.2) is 5.78 Å². The van der Waals surface area contributed by atoms with Crippen molar-refractivity contribution in [2.45, 2.75) is 13.8 Å². The highest BCUT2D eigenvalue weighted by Gasteiger charge is 2.14. The molecule has 0 fully saturated rings. The predicted molar refractivity (Wildman–Crippen MR) is 78.9 cm³/mol. The molecule has 0 N–H and O–H groups in total. The summed E-state index contributed by atoms with van der Waals surface area (Å²) in [4.78, 5) is 21.3. The van der Waals surface area contributed by atoms with Gasteiger partial charge in [-0.1, -0.05) is 18.2 Å². The SMILES string of the molecule is Cc1cc(C(=O)c2cccc3cccnc23)cc(C)n1. The summed E-state index contributed by atoms with van der Waals surface area (Å²) in [7, 11) is 0. The van der Waals surface area contributed by atoms with Crippen LogP contribution >= 0.6 is 0 Å². The highest BCUT2D eigenvalue weighted by atomic mass is 16.1. The van der Waals surface area contributed by atoms with Crippen LogP contribution in [0.15, 0.2) is 48.7 Å². The van der Waals surface area contributed by atoms with Crippen molar-refractivity contribution >= 4 is 16.7 Å². The van der Waals surface area contributed by atoms with Crippen LogP contribution in [-0.4, -0.2) is 15.8 Å². The maximum absolute atomic E-state index is 12.7. The van der Waals surface area contributed by atoms with E-state index in [1.165, 1.54) is 0 Å². The molecule has 0 amide bonds. The van der Waals surface area contributed by atoms with Crippen molar-refractivity contribution in [3.63, 3.8) is 0 Å². The van der Waals surface area contributed by atoms with Crippen molar-refractivity contribution < 1.29 is 4.79 Å². The molecule has 0 aliphatic heterocycles. The molecule has 0 saturated carbocycles. The van der Waals surface area contributed by atoms with Gasteiger partial charge in [-0.2, -0.15) is 0 Å². The minimum atomic E-state index is -0.0112. The first kappa shape index (κ1) is 12.5. The highest BCUT2D eigenvalue weighted by molar-refractivity contribution is 6.15. The lowest BCUT2D eigenvalue weighted by atomic mass is 10.00. The summed E-state index contributed by atoms with van der Waals surface area (Å²) in [6.07, 6.45) is 1.71. The fourth-order valence-electron chi connectivity index (χ4n) is 2.41. The van der Waals surface area contributed by atoms with Crippen molar-refractivity contribution in [3.05, 3.63) is 71.2 Å². The van der Waals surface area contributed by atoms with E-state index in [1.807, 2.05) is 56.3 Å². The van der Waals surface area contributed by atoms with Crippen molar-refractivity contribution in [2.75, 3.05) is 0 Å². The molecule has 0 bridgehead atoms. The second kappa shape index (κ2) is 4.85. The van der Waals surface area contributed by atoms with E-state index < -0.39 is 0 Å². The van der Waals surface area contributed by atoms with Crippen LogP contribution in [0.5, 0.6) is 0 Å². The Morgan fingerprint density at radius 1 is 1.00 bits per heavy atom. The molecule has 3 heteroatoms. The Morgan fingerprint density at radius 2 is 1.70 bits per heavy atom. The molecule has 0 unspecified atom stereocenters. The average molecular weight is 262 g/mol. The Kier molecular flexibility index (Phi) is 3.03. The molecule has 0 aliphatic carbocycles. The van der Waals surface area contributed by atoms with E-state index in [1.54, 1.807) is 6.20 Å². The van der Waals surface area contributed by atoms with Crippen LogP contribution in [0.2, 0.25) is 0 Å². The van der Waals surface area contributed by atoms with Gasteiger partial charge < -0.3 is 0 Å². The third-order valence-corrected chi connectivity index (χ3v) is 3.22. The number of rotatable bonds is 2. The van der Waals surface area contributed by atoms with E-state index in [4.69, 9.17) is 0 Å². The maximum Gasteiger partial charge on any atom is 0.195 e. The number of hydrogen-bond donors (Lipinski definition) is 0. The van der Waals surface area contributed by atoms with Gasteiger partial charge in [-0.15, -0.1) is 0 Å². The summed E-state index contributed by atoms with van der Waals surface area (Å²) < 4.78 is 0. The molecule has 0 aliphatic rings. The number of hydrogen-bond acceptors (Lipinski definition) is 3. The number of benzene rings is 1. The van der Waals surface area contributed by atoms with E-state index in [0.717, 1.165) is 22.3 Å². The second-order valence-corrected chi connectivity index (χ2v) is 4.85. The van der Waals surface area contributed by atoms with Gasteiger partial charge in [-0.05, 0) is 38.1 Å². The Balaban J connectivity index is 2.17. The molecule has 98 valence electrons. The lowest BCUT2D eigenvalue weighted by Crippen LogP contribution is -2.05. The zero-order valence-corrected chi connectivity index (χ0v) is 11.4. The number of fused-ring (bicyclic) bond motifs is 1. The molecular formula is C17H14N2O. The van der Waals surface area contributed by atoms with Crippen LogP contribution in [-0.2, 0) is 0 Å². The molecule has 0 atom stereocenters. The van der Waals surface area contributed by atoms with Crippen LogP contribution in [0, 0.1) is 13.8 Å². The normalized spacial score (nSPS) is 10.7. The number of carbonyl (C=O) groups excluding carboxylic acids is 1. The summed E-state index contributed by atoms with van der Waals surface area (Å²) in [5.74, 6) is -0.0112. The Labute approximate surface area is 117 Å². The summed E-state index contributed by atoms with van der Waals surface area (Å²) >= 11 is 0. The minimum absolute atomic E-state index is 0.0112. The molecule has 2 aromatic heterocycles. The first-order chi connectivity index (χ1) is 9.65. The average Bonchev–Trinajstić information content (AvgIpc) is 2.45. The molecule has 2 heterocycles. The maximum atomic E-state index is 12.7. The zero-order valence-electron chi connectivity index (χ0n) is 11.4. The number of nitrogens with zero attached hydrogens (tertiary/aromatic N) is 2. The van der Waals surface area contributed by atoms with E-state index >= 15 is 0 Å². The van der Waals surface area contributed by atoms with Gasteiger partial charge in [0.05, 0.1) is 5.52 Å². The molecule has 3 rings (SSSR count). The summed E-state index contributed by atoms with van der Waals surface area (Å²) in [5, 5.41) is 0.973. The third kappa shape index (κ3) is 2.18. The van der Waals surface area contributed by atoms with Gasteiger partial charge in [-0.25, -0.2) is 0 Å². The van der Waals surface area contributed by atoms with E-state index in [0.29, 0.717) is 11.1 Å². The van der Waals surface area contributed by atoms with Crippen molar-refractivity contribution in [1.29, 1.82) is 0 Å². The van der Waals surface area contributed by atoms with Gasteiger partial charge >= 0.3 is 0 Å². The van der Waals surface area contributed by atoms with Gasteiger partial charge in [0, 0.05) is 34.1 Å². The van der Waals surface area contributed by atoms with Gasteiger partial charge in [0.25, 0.3) is 0 Å². The Morgan fingerprint density at radius 3 is 2.45 bits per heavy atom. The number of ketones is 1. The molecule has 0 saturated heterocycles. The van der Waals surface area contributed by atoms with Crippen molar-refractivity contribution in [1.82, 2.24) is 9.97 Å². The van der Waals surface area contributed by atoms with Crippen molar-refractivity contribution in [3.8, 4) is 0 Å². The minimum Gasteiger partial charge on any atom is -0.289 e. The summed E-state index contributed by atoms with van der Waals surface area (Å²) in [6.45, 7) is 3.79. The van der Waals surface area contributed by atoms with Crippen LogP contribution in [0.4, 0.5) is 0 Å². The van der Waals surface area contributed by atoms with Crippen LogP contribution in [0.3, 0.4) is 0 Å². The third-order valence-electron chi connectivity index (χ3n) is 3.22. The van der Waals surface area contributed by atoms with Crippen LogP contribution < -0.4 is 0 Å². The Bertz CT molecular complexity index is 783. The molecular weight excluding hydrogens is 248 g/mol. The lowest BCUT2D eigenvalue weighted by molar-refractivity contribution is 0.104. The summed E-state index contributed by atoms with van der Waals surface area (Å²) in [5.41, 5.74) is 3.73. The topological polar surface area (TPSA) is 42.9 Å². The first-order valence-electron chi connectivity index (χ1n) is 6.49. The predicted octanol–water partition coefficient (Wildman–Crippen LogP) is 3.48. The second-order valence-electron chi connectivity index (χ2n) is 4.85. The number of carbonyl (C=O) groups is 1. The fraction of sp³-hybridized carbons (Fsp3) is 0.118. The smallest absolute Gasteiger partial charge is 0.195 e. The number of para-hydroxylation sites is 1. The largest absolute Gasteiger partial charge is 0.289 e. The quantitative estimate of drug-likeness (QED) is 0.664. The van der Waals surface area contributed by atoms with Gasteiger partial charge in [-0.3, -0.25) is 14.8 Å². The number of aryl methyl sites for hydroxylation is 2. The molecule has 1 aromatic carbocycles. The molecule has 0 radical (unpaired) electrons. The Hall–Kier alpha value is -2.55. The monoisotopic (exact) mass is 262 g/mol.